The van der Waals surface area contributed by atoms with E-state index in [9.17, 15) is 9.59 Å². The van der Waals surface area contributed by atoms with Gasteiger partial charge in [-0.1, -0.05) is 24.3 Å². The van der Waals surface area contributed by atoms with E-state index >= 15 is 0 Å². The summed E-state index contributed by atoms with van der Waals surface area (Å²) in [5, 5.41) is 18.2. The number of carbonyl (C=O) groups excluding carboxylic acids is 2. The molecule has 0 radical (unpaired) electrons. The molecule has 7 nitrogen and oxygen atoms in total. The Morgan fingerprint density at radius 2 is 1.85 bits per heavy atom. The van der Waals surface area contributed by atoms with E-state index in [0.717, 1.165) is 16.4 Å². The summed E-state index contributed by atoms with van der Waals surface area (Å²) in [5.74, 6) is -0.167. The van der Waals surface area contributed by atoms with Gasteiger partial charge in [0.2, 0.25) is 0 Å². The van der Waals surface area contributed by atoms with Gasteiger partial charge in [-0.15, -0.1) is 10.2 Å². The third-order valence-corrected chi connectivity index (χ3v) is 4.59. The number of amides is 3. The number of aromatic nitrogens is 2. The summed E-state index contributed by atoms with van der Waals surface area (Å²) in [7, 11) is 0. The molecule has 0 aliphatic carbocycles. The number of nitrogens with zero attached hydrogens (tertiary/aromatic N) is 2. The number of aryl methyl sites for hydroxylation is 1. The minimum absolute atomic E-state index is 0.167. The van der Waals surface area contributed by atoms with Gasteiger partial charge in [0.15, 0.2) is 0 Å². The highest BCUT2D eigenvalue weighted by Gasteiger charge is 2.18. The normalized spacial score (nSPS) is 11.1. The van der Waals surface area contributed by atoms with E-state index in [2.05, 4.69) is 26.1 Å². The number of nitrogens with one attached hydrogen (secondary N) is 3. The van der Waals surface area contributed by atoms with Gasteiger partial charge >= 0.3 is 6.03 Å². The quantitative estimate of drug-likeness (QED) is 0.747. The van der Waals surface area contributed by atoms with Gasteiger partial charge in [-0.2, -0.15) is 0 Å². The summed E-state index contributed by atoms with van der Waals surface area (Å²) in [5.41, 5.74) is 1.52. The van der Waals surface area contributed by atoms with Crippen LogP contribution in [0, 0.1) is 6.92 Å². The van der Waals surface area contributed by atoms with Crippen molar-refractivity contribution in [3.8, 4) is 0 Å². The van der Waals surface area contributed by atoms with Crippen LogP contribution in [0.15, 0.2) is 18.2 Å². The van der Waals surface area contributed by atoms with Gasteiger partial charge in [-0.3, -0.25) is 4.79 Å². The fourth-order valence-corrected chi connectivity index (χ4v) is 2.97. The number of hydrogen-bond acceptors (Lipinski definition) is 5. The summed E-state index contributed by atoms with van der Waals surface area (Å²) in [6, 6.07) is 4.91. The van der Waals surface area contributed by atoms with Crippen LogP contribution in [0.2, 0.25) is 0 Å². The Bertz CT molecular complexity index is 795. The molecule has 1 aromatic heterocycles. The molecule has 0 atom stereocenters. The zero-order chi connectivity index (χ0) is 19.3. The van der Waals surface area contributed by atoms with Crippen molar-refractivity contribution < 1.29 is 9.59 Å². The molecule has 2 aromatic rings. The molecule has 0 saturated carbocycles. The van der Waals surface area contributed by atoms with Crippen molar-refractivity contribution >= 4 is 29.0 Å². The second-order valence-corrected chi connectivity index (χ2v) is 8.08. The van der Waals surface area contributed by atoms with E-state index in [-0.39, 0.29) is 17.5 Å². The van der Waals surface area contributed by atoms with Crippen LogP contribution in [0.3, 0.4) is 0 Å². The highest BCUT2D eigenvalue weighted by molar-refractivity contribution is 7.11. The molecule has 140 valence electrons. The van der Waals surface area contributed by atoms with Crippen molar-refractivity contribution in [3.05, 3.63) is 39.3 Å². The van der Waals surface area contributed by atoms with Gasteiger partial charge in [-0.05, 0) is 51.8 Å². The first-order valence-corrected chi connectivity index (χ1v) is 9.29. The van der Waals surface area contributed by atoms with Crippen molar-refractivity contribution in [2.45, 2.75) is 53.1 Å². The molecule has 26 heavy (non-hydrogen) atoms. The average molecular weight is 375 g/mol. The summed E-state index contributed by atoms with van der Waals surface area (Å²) in [6.07, 6.45) is 0.826. The van der Waals surface area contributed by atoms with Crippen LogP contribution in [0.1, 0.15) is 53.6 Å². The molecule has 3 N–H and O–H groups in total. The minimum atomic E-state index is -0.352. The lowest BCUT2D eigenvalue weighted by molar-refractivity contribution is 0.0919. The second-order valence-electron chi connectivity index (χ2n) is 6.93. The number of anilines is 1. The van der Waals surface area contributed by atoms with Crippen molar-refractivity contribution in [1.29, 1.82) is 0 Å². The Morgan fingerprint density at radius 1 is 1.15 bits per heavy atom. The summed E-state index contributed by atoms with van der Waals surface area (Å²) < 4.78 is 0. The SMILES string of the molecule is CCc1nnc(CNC(=O)Nc2cccc(C(=O)NC(C)(C)C)c2C)s1. The van der Waals surface area contributed by atoms with E-state index in [1.165, 1.54) is 11.3 Å². The lowest BCUT2D eigenvalue weighted by atomic mass is 10.0. The van der Waals surface area contributed by atoms with Gasteiger partial charge in [0.25, 0.3) is 5.91 Å². The first-order valence-electron chi connectivity index (χ1n) is 8.48. The molecule has 2 rings (SSSR count). The average Bonchev–Trinajstić information content (AvgIpc) is 3.01. The lowest BCUT2D eigenvalue weighted by Gasteiger charge is -2.21. The van der Waals surface area contributed by atoms with Crippen LogP contribution in [0.4, 0.5) is 10.5 Å². The van der Waals surface area contributed by atoms with Crippen molar-refractivity contribution in [1.82, 2.24) is 20.8 Å². The Morgan fingerprint density at radius 3 is 2.46 bits per heavy atom. The van der Waals surface area contributed by atoms with E-state index in [1.54, 1.807) is 18.2 Å². The first kappa shape index (κ1) is 19.8. The Balaban J connectivity index is 2.01. The Hall–Kier alpha value is -2.48. The van der Waals surface area contributed by atoms with E-state index in [4.69, 9.17) is 0 Å². The molecular formula is C18H25N5O2S. The Labute approximate surface area is 157 Å². The largest absolute Gasteiger partial charge is 0.347 e. The highest BCUT2D eigenvalue weighted by atomic mass is 32.1. The number of carbonyl (C=O) groups is 2. The van der Waals surface area contributed by atoms with Crippen LogP contribution in [0.25, 0.3) is 0 Å². The highest BCUT2D eigenvalue weighted by Crippen LogP contribution is 2.20. The van der Waals surface area contributed by atoms with Crippen LogP contribution in [0.5, 0.6) is 0 Å². The van der Waals surface area contributed by atoms with Crippen molar-refractivity contribution in [3.63, 3.8) is 0 Å². The maximum absolute atomic E-state index is 12.4. The van der Waals surface area contributed by atoms with Crippen LogP contribution in [-0.2, 0) is 13.0 Å². The Kier molecular flexibility index (Phi) is 6.31. The minimum Gasteiger partial charge on any atom is -0.347 e. The smallest absolute Gasteiger partial charge is 0.319 e. The van der Waals surface area contributed by atoms with Gasteiger partial charge in [0.05, 0.1) is 6.54 Å². The first-order chi connectivity index (χ1) is 12.2. The van der Waals surface area contributed by atoms with Crippen LogP contribution >= 0.6 is 11.3 Å². The van der Waals surface area contributed by atoms with Crippen molar-refractivity contribution in [2.24, 2.45) is 0 Å². The fraction of sp³-hybridized carbons (Fsp3) is 0.444. The summed E-state index contributed by atoms with van der Waals surface area (Å²) in [6.45, 7) is 9.90. The zero-order valence-electron chi connectivity index (χ0n) is 15.8. The number of hydrogen-bond donors (Lipinski definition) is 3. The third-order valence-electron chi connectivity index (χ3n) is 3.53. The molecule has 1 heterocycles. The molecule has 0 unspecified atom stereocenters. The summed E-state index contributed by atoms with van der Waals surface area (Å²) in [4.78, 5) is 24.6. The third kappa shape index (κ3) is 5.52. The molecule has 0 bridgehead atoms. The van der Waals surface area contributed by atoms with Gasteiger partial charge in [-0.25, -0.2) is 4.79 Å². The molecule has 1 aromatic carbocycles. The molecular weight excluding hydrogens is 350 g/mol. The molecule has 0 saturated heterocycles. The van der Waals surface area contributed by atoms with Crippen molar-refractivity contribution in [2.75, 3.05) is 5.32 Å². The maximum atomic E-state index is 12.4. The number of rotatable bonds is 5. The van der Waals surface area contributed by atoms with Gasteiger partial charge < -0.3 is 16.0 Å². The molecule has 0 fully saturated rings. The van der Waals surface area contributed by atoms with E-state index < -0.39 is 0 Å². The molecule has 3 amide bonds. The van der Waals surface area contributed by atoms with Crippen LogP contribution < -0.4 is 16.0 Å². The standard InChI is InChI=1S/C18H25N5O2S/c1-6-14-22-23-15(26-14)10-19-17(25)20-13-9-7-8-12(11(13)2)16(24)21-18(3,4)5/h7-9H,6,10H2,1-5H3,(H,21,24)(H2,19,20,25). The van der Waals surface area contributed by atoms with E-state index in [1.807, 2.05) is 34.6 Å². The van der Waals surface area contributed by atoms with E-state index in [0.29, 0.717) is 23.4 Å². The number of benzene rings is 1. The monoisotopic (exact) mass is 375 g/mol. The fourth-order valence-electron chi connectivity index (χ4n) is 2.25. The van der Waals surface area contributed by atoms with Gasteiger partial charge in [0.1, 0.15) is 10.0 Å². The molecule has 0 aliphatic rings. The lowest BCUT2D eigenvalue weighted by Crippen LogP contribution is -2.41. The second kappa shape index (κ2) is 8.27. The predicted molar refractivity (Wildman–Crippen MR) is 104 cm³/mol. The molecule has 0 aliphatic heterocycles. The molecule has 8 heteroatoms. The van der Waals surface area contributed by atoms with Gasteiger partial charge in [0, 0.05) is 16.8 Å². The molecule has 0 spiro atoms. The number of urea groups is 1. The van der Waals surface area contributed by atoms with Crippen LogP contribution in [-0.4, -0.2) is 27.7 Å². The summed E-state index contributed by atoms with van der Waals surface area (Å²) >= 11 is 1.48. The maximum Gasteiger partial charge on any atom is 0.319 e. The zero-order valence-corrected chi connectivity index (χ0v) is 16.6. The predicted octanol–water partition coefficient (Wildman–Crippen LogP) is 3.26. The topological polar surface area (TPSA) is 96.0 Å².